The molecule has 0 saturated heterocycles. The molecule has 1 saturated carbocycles. The average Bonchev–Trinajstić information content (AvgIpc) is 2.94. The van der Waals surface area contributed by atoms with Gasteiger partial charge >= 0.3 is 5.97 Å². The number of aliphatic carboxylic acids is 1. The molecule has 0 bridgehead atoms. The van der Waals surface area contributed by atoms with Crippen LogP contribution in [-0.2, 0) is 9.59 Å². The second-order valence-electron chi connectivity index (χ2n) is 5.62. The fourth-order valence-electron chi connectivity index (χ4n) is 2.70. The van der Waals surface area contributed by atoms with Crippen molar-refractivity contribution in [1.82, 2.24) is 5.32 Å². The molecular formula is C16H21NO4. The molecule has 2 rings (SSSR count). The van der Waals surface area contributed by atoms with E-state index in [1.807, 2.05) is 25.1 Å². The average molecular weight is 291 g/mol. The van der Waals surface area contributed by atoms with Gasteiger partial charge in [-0.2, -0.15) is 0 Å². The summed E-state index contributed by atoms with van der Waals surface area (Å²) < 4.78 is 5.45. The maximum absolute atomic E-state index is 11.8. The van der Waals surface area contributed by atoms with Gasteiger partial charge in [0, 0.05) is 6.54 Å². The van der Waals surface area contributed by atoms with Gasteiger partial charge in [0.05, 0.1) is 5.41 Å². The zero-order valence-corrected chi connectivity index (χ0v) is 12.2. The first kappa shape index (κ1) is 15.4. The van der Waals surface area contributed by atoms with E-state index in [4.69, 9.17) is 4.74 Å². The van der Waals surface area contributed by atoms with E-state index in [1.165, 1.54) is 0 Å². The highest BCUT2D eigenvalue weighted by Crippen LogP contribution is 2.37. The minimum Gasteiger partial charge on any atom is -0.484 e. The van der Waals surface area contributed by atoms with Crippen molar-refractivity contribution >= 4 is 11.9 Å². The Labute approximate surface area is 124 Å². The van der Waals surface area contributed by atoms with Crippen LogP contribution in [0.25, 0.3) is 0 Å². The highest BCUT2D eigenvalue weighted by molar-refractivity contribution is 5.80. The Bertz CT molecular complexity index is 521. The monoisotopic (exact) mass is 291 g/mol. The normalized spacial score (nSPS) is 16.4. The molecule has 114 valence electrons. The van der Waals surface area contributed by atoms with Crippen LogP contribution >= 0.6 is 0 Å². The number of carbonyl (C=O) groups excluding carboxylic acids is 1. The zero-order valence-electron chi connectivity index (χ0n) is 12.2. The van der Waals surface area contributed by atoms with Gasteiger partial charge in [-0.25, -0.2) is 0 Å². The number of carboxylic acid groups (broad SMARTS) is 1. The van der Waals surface area contributed by atoms with Crippen LogP contribution in [0.4, 0.5) is 0 Å². The van der Waals surface area contributed by atoms with Crippen molar-refractivity contribution in [3.8, 4) is 5.75 Å². The van der Waals surface area contributed by atoms with E-state index in [0.29, 0.717) is 18.6 Å². The quantitative estimate of drug-likeness (QED) is 0.842. The number of para-hydroxylation sites is 1. The Morgan fingerprint density at radius 1 is 1.29 bits per heavy atom. The van der Waals surface area contributed by atoms with Gasteiger partial charge in [-0.3, -0.25) is 9.59 Å². The number of ether oxygens (including phenoxy) is 1. The van der Waals surface area contributed by atoms with Gasteiger partial charge in [0.2, 0.25) is 0 Å². The van der Waals surface area contributed by atoms with Crippen molar-refractivity contribution in [1.29, 1.82) is 0 Å². The van der Waals surface area contributed by atoms with Gasteiger partial charge in [-0.1, -0.05) is 31.0 Å². The van der Waals surface area contributed by atoms with Crippen LogP contribution in [-0.4, -0.2) is 30.1 Å². The van der Waals surface area contributed by atoms with Crippen LogP contribution in [0, 0.1) is 12.3 Å². The molecule has 0 heterocycles. The second kappa shape index (κ2) is 6.61. The summed E-state index contributed by atoms with van der Waals surface area (Å²) in [5.74, 6) is -0.438. The predicted octanol–water partition coefficient (Wildman–Crippen LogP) is 2.14. The van der Waals surface area contributed by atoms with E-state index < -0.39 is 11.4 Å². The lowest BCUT2D eigenvalue weighted by Gasteiger charge is -2.23. The van der Waals surface area contributed by atoms with Crippen LogP contribution in [0.5, 0.6) is 5.75 Å². The molecule has 1 fully saturated rings. The first-order valence-electron chi connectivity index (χ1n) is 7.22. The first-order valence-corrected chi connectivity index (χ1v) is 7.22. The van der Waals surface area contributed by atoms with Crippen LogP contribution < -0.4 is 10.1 Å². The second-order valence-corrected chi connectivity index (χ2v) is 5.62. The molecule has 21 heavy (non-hydrogen) atoms. The van der Waals surface area contributed by atoms with Crippen LogP contribution in [0.2, 0.25) is 0 Å². The van der Waals surface area contributed by atoms with Gasteiger partial charge < -0.3 is 15.2 Å². The number of benzene rings is 1. The van der Waals surface area contributed by atoms with E-state index in [2.05, 4.69) is 5.32 Å². The van der Waals surface area contributed by atoms with Crippen molar-refractivity contribution in [2.24, 2.45) is 5.41 Å². The maximum Gasteiger partial charge on any atom is 0.311 e. The summed E-state index contributed by atoms with van der Waals surface area (Å²) >= 11 is 0. The van der Waals surface area contributed by atoms with Crippen LogP contribution in [0.15, 0.2) is 24.3 Å². The maximum atomic E-state index is 11.8. The lowest BCUT2D eigenvalue weighted by molar-refractivity contribution is -0.148. The molecule has 5 heteroatoms. The third-order valence-electron chi connectivity index (χ3n) is 4.09. The third kappa shape index (κ3) is 3.74. The smallest absolute Gasteiger partial charge is 0.311 e. The van der Waals surface area contributed by atoms with Gasteiger partial charge in [-0.15, -0.1) is 0 Å². The minimum absolute atomic E-state index is 0.0967. The Kier molecular flexibility index (Phi) is 4.83. The molecule has 1 aromatic carbocycles. The molecule has 0 aromatic heterocycles. The molecule has 0 spiro atoms. The summed E-state index contributed by atoms with van der Waals surface area (Å²) in [6.07, 6.45) is 3.06. The number of hydrogen-bond acceptors (Lipinski definition) is 3. The predicted molar refractivity (Wildman–Crippen MR) is 78.2 cm³/mol. The number of amides is 1. The van der Waals surface area contributed by atoms with Crippen molar-refractivity contribution in [2.45, 2.75) is 32.6 Å². The summed E-state index contributed by atoms with van der Waals surface area (Å²) in [5, 5.41) is 12.0. The Morgan fingerprint density at radius 2 is 1.95 bits per heavy atom. The number of aryl methyl sites for hydroxylation is 1. The van der Waals surface area contributed by atoms with E-state index >= 15 is 0 Å². The molecular weight excluding hydrogens is 270 g/mol. The molecule has 1 aromatic rings. The highest BCUT2D eigenvalue weighted by Gasteiger charge is 2.41. The van der Waals surface area contributed by atoms with E-state index in [-0.39, 0.29) is 19.1 Å². The first-order chi connectivity index (χ1) is 10.0. The molecule has 1 aliphatic rings. The van der Waals surface area contributed by atoms with E-state index in [1.54, 1.807) is 6.07 Å². The highest BCUT2D eigenvalue weighted by atomic mass is 16.5. The topological polar surface area (TPSA) is 75.6 Å². The van der Waals surface area contributed by atoms with E-state index in [9.17, 15) is 14.7 Å². The Hall–Kier alpha value is -2.04. The fraction of sp³-hybridized carbons (Fsp3) is 0.500. The van der Waals surface area contributed by atoms with Gasteiger partial charge in [0.1, 0.15) is 5.75 Å². The molecule has 1 amide bonds. The Morgan fingerprint density at radius 3 is 2.57 bits per heavy atom. The molecule has 1 aliphatic carbocycles. The summed E-state index contributed by atoms with van der Waals surface area (Å²) in [7, 11) is 0. The van der Waals surface area contributed by atoms with Crippen LogP contribution in [0.3, 0.4) is 0 Å². The molecule has 0 aliphatic heterocycles. The SMILES string of the molecule is Cc1ccccc1OCC(=O)NCC1(C(=O)O)CCCC1. The number of nitrogens with one attached hydrogen (secondary N) is 1. The molecule has 2 N–H and O–H groups in total. The minimum atomic E-state index is -0.819. The van der Waals surface area contributed by atoms with E-state index in [0.717, 1.165) is 18.4 Å². The summed E-state index contributed by atoms with van der Waals surface area (Å²) in [4.78, 5) is 23.2. The molecule has 5 nitrogen and oxygen atoms in total. The van der Waals surface area contributed by atoms with Crippen LogP contribution in [0.1, 0.15) is 31.2 Å². The van der Waals surface area contributed by atoms with Crippen molar-refractivity contribution in [3.63, 3.8) is 0 Å². The third-order valence-corrected chi connectivity index (χ3v) is 4.09. The largest absolute Gasteiger partial charge is 0.484 e. The number of carboxylic acids is 1. The summed E-state index contributed by atoms with van der Waals surface area (Å²) in [6, 6.07) is 7.46. The van der Waals surface area contributed by atoms with Crippen molar-refractivity contribution in [3.05, 3.63) is 29.8 Å². The van der Waals surface area contributed by atoms with Gasteiger partial charge in [-0.05, 0) is 31.4 Å². The lowest BCUT2D eigenvalue weighted by atomic mass is 9.86. The fourth-order valence-corrected chi connectivity index (χ4v) is 2.70. The number of carbonyl (C=O) groups is 2. The summed E-state index contributed by atoms with van der Waals surface area (Å²) in [5.41, 5.74) is 0.168. The Balaban J connectivity index is 1.82. The summed E-state index contributed by atoms with van der Waals surface area (Å²) in [6.45, 7) is 1.99. The standard InChI is InChI=1S/C16H21NO4/c1-12-6-2-3-7-13(12)21-10-14(18)17-11-16(15(19)20)8-4-5-9-16/h2-3,6-7H,4-5,8-11H2,1H3,(H,17,18)(H,19,20). The molecule has 0 radical (unpaired) electrons. The van der Waals surface area contributed by atoms with Gasteiger partial charge in [0.15, 0.2) is 6.61 Å². The zero-order chi connectivity index (χ0) is 15.3. The molecule has 0 unspecified atom stereocenters. The van der Waals surface area contributed by atoms with Crippen molar-refractivity contribution < 1.29 is 19.4 Å². The molecule has 0 atom stereocenters. The number of rotatable bonds is 6. The van der Waals surface area contributed by atoms with Crippen molar-refractivity contribution in [2.75, 3.05) is 13.2 Å². The van der Waals surface area contributed by atoms with Gasteiger partial charge in [0.25, 0.3) is 5.91 Å². The lowest BCUT2D eigenvalue weighted by Crippen LogP contribution is -2.42. The number of hydrogen-bond donors (Lipinski definition) is 2.